The number of benzene rings is 2. The van der Waals surface area contributed by atoms with Gasteiger partial charge in [-0.25, -0.2) is 4.98 Å². The highest BCUT2D eigenvalue weighted by Gasteiger charge is 2.67. The predicted octanol–water partition coefficient (Wildman–Crippen LogP) is 7.09. The summed E-state index contributed by atoms with van der Waals surface area (Å²) in [5.41, 5.74) is 0.350. The second kappa shape index (κ2) is 13.2. The minimum Gasteiger partial charge on any atom is -0.404 e. The number of fused-ring (bicyclic) bond motifs is 1. The van der Waals surface area contributed by atoms with Gasteiger partial charge in [0.25, 0.3) is 5.56 Å². The van der Waals surface area contributed by atoms with Crippen molar-refractivity contribution in [2.75, 3.05) is 5.32 Å². The normalized spacial score (nSPS) is 28.4. The lowest BCUT2D eigenvalue weighted by atomic mass is 9.45. The minimum atomic E-state index is -4.47. The Balaban J connectivity index is 1.10. The monoisotopic (exact) mass is 690 g/mol. The van der Waals surface area contributed by atoms with E-state index in [1.807, 2.05) is 25.1 Å². The summed E-state index contributed by atoms with van der Waals surface area (Å²) in [6.07, 6.45) is 2.47. The Kier molecular flexibility index (Phi) is 9.16. The van der Waals surface area contributed by atoms with E-state index in [0.29, 0.717) is 36.1 Å². The van der Waals surface area contributed by atoms with Gasteiger partial charge in [-0.2, -0.15) is 13.2 Å². The van der Waals surface area contributed by atoms with Crippen molar-refractivity contribution in [3.63, 3.8) is 0 Å². The molecule has 12 heteroatoms. The number of nitrogens with zero attached hydrogens (tertiary/aromatic N) is 2. The van der Waals surface area contributed by atoms with Crippen LogP contribution in [-0.4, -0.2) is 40.2 Å². The van der Waals surface area contributed by atoms with Crippen LogP contribution < -0.4 is 16.2 Å². The first-order chi connectivity index (χ1) is 23.8. The van der Waals surface area contributed by atoms with Crippen molar-refractivity contribution in [2.45, 2.75) is 115 Å². The van der Waals surface area contributed by atoms with E-state index in [2.05, 4.69) is 48.5 Å². The van der Waals surface area contributed by atoms with Crippen LogP contribution in [0.5, 0.6) is 0 Å². The van der Waals surface area contributed by atoms with Crippen LogP contribution in [0.3, 0.4) is 0 Å². The number of hydrogen-bond acceptors (Lipinski definition) is 6. The van der Waals surface area contributed by atoms with E-state index in [0.717, 1.165) is 44.2 Å². The molecule has 3 heterocycles. The quantitative estimate of drug-likeness (QED) is 0.209. The van der Waals surface area contributed by atoms with Crippen LogP contribution in [0.1, 0.15) is 101 Å². The number of aryl methyl sites for hydroxylation is 1. The molecule has 1 aromatic heterocycles. The van der Waals surface area contributed by atoms with Crippen LogP contribution in [0, 0.1) is 17.3 Å². The number of rotatable bonds is 11. The highest BCUT2D eigenvalue weighted by molar-refractivity contribution is 6.47. The van der Waals surface area contributed by atoms with Crippen LogP contribution in [-0.2, 0) is 33.2 Å². The van der Waals surface area contributed by atoms with Gasteiger partial charge in [-0.3, -0.25) is 14.2 Å². The highest BCUT2D eigenvalue weighted by Crippen LogP contribution is 2.64. The second-order valence-corrected chi connectivity index (χ2v) is 15.5. The maximum atomic E-state index is 14.2. The van der Waals surface area contributed by atoms with Crippen LogP contribution in [0.25, 0.3) is 0 Å². The van der Waals surface area contributed by atoms with Gasteiger partial charge in [0, 0.05) is 12.5 Å². The van der Waals surface area contributed by atoms with Crippen molar-refractivity contribution in [1.82, 2.24) is 14.9 Å². The lowest BCUT2D eigenvalue weighted by Gasteiger charge is -2.63. The third-order valence-electron chi connectivity index (χ3n) is 12.0. The molecule has 0 spiro atoms. The summed E-state index contributed by atoms with van der Waals surface area (Å²) in [4.78, 5) is 32.9. The third kappa shape index (κ3) is 6.38. The average Bonchev–Trinajstić information content (AvgIpc) is 3.65. The van der Waals surface area contributed by atoms with Gasteiger partial charge >= 0.3 is 13.3 Å². The first-order valence-corrected chi connectivity index (χ1v) is 18.0. The van der Waals surface area contributed by atoms with Crippen LogP contribution >= 0.6 is 0 Å². The predicted molar refractivity (Wildman–Crippen MR) is 185 cm³/mol. The number of anilines is 1. The fourth-order valence-electron chi connectivity index (χ4n) is 8.97. The maximum absolute atomic E-state index is 14.2. The summed E-state index contributed by atoms with van der Waals surface area (Å²) in [5, 5.41) is 6.18. The number of carbonyl (C=O) groups excluding carboxylic acids is 1. The zero-order valence-electron chi connectivity index (χ0n) is 29.1. The molecule has 2 N–H and O–H groups in total. The van der Waals surface area contributed by atoms with Gasteiger partial charge in [-0.15, -0.1) is 0 Å². The molecule has 5 aliphatic rings. The van der Waals surface area contributed by atoms with Gasteiger partial charge in [0.15, 0.2) is 0 Å². The SMILES string of the molecule is CC[C@H](NC(=O)[C@@H]1C[C@@H](CCCc2ccccc2)c2ncc(NCc3cccc(C(F)(F)F)c3)c(=O)n21)B1O[C@@H]2C3CC(C[C@]2(C)O1)C3(C)C. The molecule has 8 nitrogen and oxygen atoms in total. The number of aromatic nitrogens is 2. The highest BCUT2D eigenvalue weighted by atomic mass is 19.4. The molecule has 2 aromatic carbocycles. The molecule has 3 aliphatic carbocycles. The molecule has 8 rings (SSSR count). The van der Waals surface area contributed by atoms with Crippen molar-refractivity contribution in [1.29, 1.82) is 0 Å². The van der Waals surface area contributed by atoms with Gasteiger partial charge in [-0.05, 0) is 92.4 Å². The molecule has 7 atom stereocenters. The molecular weight excluding hydrogens is 644 g/mol. The topological polar surface area (TPSA) is 94.5 Å². The Morgan fingerprint density at radius 1 is 1.10 bits per heavy atom. The molecule has 1 saturated heterocycles. The van der Waals surface area contributed by atoms with E-state index in [1.54, 1.807) is 6.07 Å². The summed E-state index contributed by atoms with van der Waals surface area (Å²) in [7, 11) is -0.591. The third-order valence-corrected chi connectivity index (χ3v) is 12.0. The number of amides is 1. The Morgan fingerprint density at radius 3 is 2.58 bits per heavy atom. The fourth-order valence-corrected chi connectivity index (χ4v) is 8.97. The van der Waals surface area contributed by atoms with E-state index in [4.69, 9.17) is 9.31 Å². The van der Waals surface area contributed by atoms with Crippen LogP contribution in [0.4, 0.5) is 18.9 Å². The first-order valence-electron chi connectivity index (χ1n) is 18.0. The molecule has 266 valence electrons. The van der Waals surface area contributed by atoms with Gasteiger partial charge in [-0.1, -0.05) is 63.2 Å². The Morgan fingerprint density at radius 2 is 1.86 bits per heavy atom. The summed E-state index contributed by atoms with van der Waals surface area (Å²) in [6, 6.07) is 14.4. The summed E-state index contributed by atoms with van der Waals surface area (Å²) in [5.74, 6) is 0.741. The van der Waals surface area contributed by atoms with Crippen LogP contribution in [0.15, 0.2) is 65.6 Å². The van der Waals surface area contributed by atoms with Crippen molar-refractivity contribution in [3.05, 3.63) is 93.7 Å². The molecule has 2 aliphatic heterocycles. The van der Waals surface area contributed by atoms with Crippen molar-refractivity contribution < 1.29 is 27.3 Å². The first kappa shape index (κ1) is 34.8. The number of hydrogen-bond donors (Lipinski definition) is 2. The maximum Gasteiger partial charge on any atom is 0.481 e. The van der Waals surface area contributed by atoms with Gasteiger partial charge in [0.05, 0.1) is 29.4 Å². The number of alkyl halides is 3. The summed E-state index contributed by atoms with van der Waals surface area (Å²) >= 11 is 0. The van der Waals surface area contributed by atoms with E-state index in [9.17, 15) is 22.8 Å². The second-order valence-electron chi connectivity index (χ2n) is 15.5. The Labute approximate surface area is 291 Å². The van der Waals surface area contributed by atoms with Gasteiger partial charge < -0.3 is 19.9 Å². The molecule has 1 amide bonds. The van der Waals surface area contributed by atoms with Crippen molar-refractivity contribution >= 4 is 18.7 Å². The lowest BCUT2D eigenvalue weighted by Crippen LogP contribution is -2.63. The van der Waals surface area contributed by atoms with E-state index >= 15 is 0 Å². The molecule has 0 radical (unpaired) electrons. The van der Waals surface area contributed by atoms with E-state index < -0.39 is 42.0 Å². The zero-order valence-corrected chi connectivity index (χ0v) is 29.1. The van der Waals surface area contributed by atoms with E-state index in [-0.39, 0.29) is 35.6 Å². The minimum absolute atomic E-state index is 0.00951. The smallest absolute Gasteiger partial charge is 0.404 e. The molecule has 50 heavy (non-hydrogen) atoms. The van der Waals surface area contributed by atoms with Crippen molar-refractivity contribution in [3.8, 4) is 0 Å². The molecule has 2 unspecified atom stereocenters. The summed E-state index contributed by atoms with van der Waals surface area (Å²) in [6.45, 7) is 8.73. The standard InChI is InChI=1S/C38H46BF3N4O4/c1-5-31(39-49-32-28-19-27(36(28,2)3)20-37(32,4)50-39)45-34(47)30-18-25(15-9-13-23-11-7-6-8-12-23)33-44-22-29(35(48)46(30)33)43-21-24-14-10-16-26(17-24)38(40,41)42/h6-8,10-12,14,16-17,22,25,27-28,30-32,43H,5,9,13,15,18-21H2,1-4H3,(H,45,47)/t25-,27?,28?,30+,31+,32-,37+/m1/s1. The number of carbonyl (C=O) groups is 1. The number of nitrogens with one attached hydrogen (secondary N) is 2. The zero-order chi connectivity index (χ0) is 35.4. The molecule has 4 fully saturated rings. The molecule has 2 bridgehead atoms. The van der Waals surface area contributed by atoms with E-state index in [1.165, 1.54) is 22.4 Å². The van der Waals surface area contributed by atoms with Gasteiger partial charge in [0.2, 0.25) is 5.91 Å². The molecular formula is C38H46BF3N4O4. The molecule has 3 aromatic rings. The largest absolute Gasteiger partial charge is 0.481 e. The molecule has 3 saturated carbocycles. The average molecular weight is 691 g/mol. The van der Waals surface area contributed by atoms with Crippen LogP contribution in [0.2, 0.25) is 0 Å². The Hall–Kier alpha value is -3.64. The van der Waals surface area contributed by atoms with Crippen molar-refractivity contribution in [2.24, 2.45) is 17.3 Å². The summed E-state index contributed by atoms with van der Waals surface area (Å²) < 4.78 is 54.6. The van der Waals surface area contributed by atoms with Gasteiger partial charge in [0.1, 0.15) is 17.6 Å². The lowest BCUT2D eigenvalue weighted by molar-refractivity contribution is -0.185. The number of halogens is 3. The Bertz CT molecular complexity index is 1790. The fraction of sp³-hybridized carbons (Fsp3) is 0.553.